The molecule has 4 heteroatoms. The summed E-state index contributed by atoms with van der Waals surface area (Å²) in [6, 6.07) is 0.0722. The maximum atomic E-state index is 12.1. The molecule has 0 heterocycles. The first kappa shape index (κ1) is 13.9. The topological polar surface area (TPSA) is 37.4 Å². The number of nitrogens with zero attached hydrogens (tertiary/aromatic N) is 1. The van der Waals surface area contributed by atoms with Gasteiger partial charge in [-0.25, -0.2) is 8.42 Å². The van der Waals surface area contributed by atoms with E-state index in [0.717, 1.165) is 0 Å². The lowest BCUT2D eigenvalue weighted by Gasteiger charge is -2.31. The lowest BCUT2D eigenvalue weighted by Crippen LogP contribution is -2.45. The van der Waals surface area contributed by atoms with Crippen LogP contribution in [0.5, 0.6) is 0 Å². The second-order valence-corrected chi connectivity index (χ2v) is 6.54. The SMILES string of the molecule is CCC(C)S(=O)(=O)N(C(C)C)C(C)C. The fourth-order valence-corrected chi connectivity index (χ4v) is 3.61. The molecular formula is C10H23NO2S. The van der Waals surface area contributed by atoms with Gasteiger partial charge < -0.3 is 0 Å². The predicted octanol–water partition coefficient (Wildman–Crippen LogP) is 2.23. The zero-order chi connectivity index (χ0) is 11.5. The van der Waals surface area contributed by atoms with Crippen LogP contribution in [0.25, 0.3) is 0 Å². The van der Waals surface area contributed by atoms with E-state index >= 15 is 0 Å². The molecule has 0 saturated carbocycles. The fourth-order valence-electron chi connectivity index (χ4n) is 1.60. The van der Waals surface area contributed by atoms with Crippen molar-refractivity contribution in [3.8, 4) is 0 Å². The molecule has 0 bridgehead atoms. The molecule has 0 aliphatic rings. The van der Waals surface area contributed by atoms with Gasteiger partial charge in [-0.05, 0) is 41.0 Å². The van der Waals surface area contributed by atoms with Gasteiger partial charge in [0.1, 0.15) is 0 Å². The zero-order valence-corrected chi connectivity index (χ0v) is 10.9. The van der Waals surface area contributed by atoms with E-state index in [1.807, 2.05) is 34.6 Å². The highest BCUT2D eigenvalue weighted by Gasteiger charge is 2.31. The normalized spacial score (nSPS) is 15.5. The van der Waals surface area contributed by atoms with Crippen molar-refractivity contribution in [3.63, 3.8) is 0 Å². The lowest BCUT2D eigenvalue weighted by molar-refractivity contribution is 0.298. The zero-order valence-electron chi connectivity index (χ0n) is 10.1. The maximum Gasteiger partial charge on any atom is 0.217 e. The molecule has 1 unspecified atom stereocenters. The van der Waals surface area contributed by atoms with Gasteiger partial charge >= 0.3 is 0 Å². The number of sulfonamides is 1. The van der Waals surface area contributed by atoms with Gasteiger partial charge in [-0.1, -0.05) is 6.92 Å². The Bertz CT molecular complexity index is 249. The summed E-state index contributed by atoms with van der Waals surface area (Å²) in [6.07, 6.45) is 0.665. The van der Waals surface area contributed by atoms with Crippen LogP contribution in [0.2, 0.25) is 0 Å². The minimum atomic E-state index is -3.12. The average Bonchev–Trinajstić information content (AvgIpc) is 2.00. The van der Waals surface area contributed by atoms with E-state index in [0.29, 0.717) is 6.42 Å². The van der Waals surface area contributed by atoms with Gasteiger partial charge in [0.05, 0.1) is 5.25 Å². The highest BCUT2D eigenvalue weighted by molar-refractivity contribution is 7.89. The summed E-state index contributed by atoms with van der Waals surface area (Å²) in [5.74, 6) is 0. The quantitative estimate of drug-likeness (QED) is 0.714. The first-order valence-electron chi connectivity index (χ1n) is 5.27. The monoisotopic (exact) mass is 221 g/mol. The standard InChI is InChI=1S/C10H23NO2S/c1-7-10(6)14(12,13)11(8(2)3)9(4)5/h8-10H,7H2,1-6H3. The third-order valence-corrected chi connectivity index (χ3v) is 5.18. The Labute approximate surface area is 88.5 Å². The van der Waals surface area contributed by atoms with Crippen molar-refractivity contribution in [3.05, 3.63) is 0 Å². The van der Waals surface area contributed by atoms with Gasteiger partial charge in [-0.3, -0.25) is 0 Å². The molecule has 14 heavy (non-hydrogen) atoms. The molecule has 0 N–H and O–H groups in total. The third kappa shape index (κ3) is 2.95. The molecule has 3 nitrogen and oxygen atoms in total. The molecule has 0 aromatic carbocycles. The average molecular weight is 221 g/mol. The van der Waals surface area contributed by atoms with Crippen molar-refractivity contribution in [2.24, 2.45) is 0 Å². The fraction of sp³-hybridized carbons (Fsp3) is 1.00. The highest BCUT2D eigenvalue weighted by Crippen LogP contribution is 2.18. The van der Waals surface area contributed by atoms with Crippen LogP contribution in [-0.2, 0) is 10.0 Å². The Morgan fingerprint density at radius 3 is 1.57 bits per heavy atom. The van der Waals surface area contributed by atoms with Gasteiger partial charge in [-0.15, -0.1) is 0 Å². The van der Waals surface area contributed by atoms with E-state index in [-0.39, 0.29) is 17.3 Å². The second kappa shape index (κ2) is 5.12. The van der Waals surface area contributed by atoms with Gasteiger partial charge in [0, 0.05) is 12.1 Å². The van der Waals surface area contributed by atoms with E-state index < -0.39 is 10.0 Å². The van der Waals surface area contributed by atoms with Crippen LogP contribution in [0.4, 0.5) is 0 Å². The van der Waals surface area contributed by atoms with Crippen LogP contribution in [-0.4, -0.2) is 30.1 Å². The van der Waals surface area contributed by atoms with Crippen LogP contribution in [0.15, 0.2) is 0 Å². The Hall–Kier alpha value is -0.0900. The minimum absolute atomic E-state index is 0.0361. The Morgan fingerprint density at radius 2 is 1.36 bits per heavy atom. The largest absolute Gasteiger partial charge is 0.217 e. The summed E-state index contributed by atoms with van der Waals surface area (Å²) in [5.41, 5.74) is 0. The highest BCUT2D eigenvalue weighted by atomic mass is 32.2. The molecule has 0 radical (unpaired) electrons. The molecule has 0 aliphatic heterocycles. The maximum absolute atomic E-state index is 12.1. The molecular weight excluding hydrogens is 198 g/mol. The number of hydrogen-bond donors (Lipinski definition) is 0. The van der Waals surface area contributed by atoms with E-state index in [1.54, 1.807) is 11.2 Å². The first-order chi connectivity index (χ1) is 6.25. The van der Waals surface area contributed by atoms with Crippen LogP contribution < -0.4 is 0 Å². The van der Waals surface area contributed by atoms with Crippen molar-refractivity contribution in [2.75, 3.05) is 0 Å². The molecule has 86 valence electrons. The van der Waals surface area contributed by atoms with E-state index in [1.165, 1.54) is 0 Å². The second-order valence-electron chi connectivity index (χ2n) is 4.28. The third-order valence-electron chi connectivity index (χ3n) is 2.40. The number of rotatable bonds is 5. The predicted molar refractivity (Wildman–Crippen MR) is 60.8 cm³/mol. The van der Waals surface area contributed by atoms with Crippen molar-refractivity contribution < 1.29 is 8.42 Å². The Balaban J connectivity index is 5.02. The van der Waals surface area contributed by atoms with Crippen LogP contribution >= 0.6 is 0 Å². The molecule has 0 rings (SSSR count). The Kier molecular flexibility index (Phi) is 5.09. The van der Waals surface area contributed by atoms with Crippen LogP contribution in [0, 0.1) is 0 Å². The molecule has 0 amide bonds. The summed E-state index contributed by atoms with van der Waals surface area (Å²) < 4.78 is 25.7. The summed E-state index contributed by atoms with van der Waals surface area (Å²) in [6.45, 7) is 11.3. The van der Waals surface area contributed by atoms with Gasteiger partial charge in [0.25, 0.3) is 0 Å². The molecule has 0 aromatic rings. The summed E-state index contributed by atoms with van der Waals surface area (Å²) in [5, 5.41) is -0.285. The van der Waals surface area contributed by atoms with Gasteiger partial charge in [0.2, 0.25) is 10.0 Å². The van der Waals surface area contributed by atoms with Crippen LogP contribution in [0.1, 0.15) is 48.0 Å². The molecule has 0 spiro atoms. The van der Waals surface area contributed by atoms with Crippen molar-refractivity contribution >= 4 is 10.0 Å². The summed E-state index contributed by atoms with van der Waals surface area (Å²) in [7, 11) is -3.12. The molecule has 0 aliphatic carbocycles. The molecule has 0 saturated heterocycles. The number of hydrogen-bond acceptors (Lipinski definition) is 2. The molecule has 1 atom stereocenters. The molecule has 0 aromatic heterocycles. The van der Waals surface area contributed by atoms with E-state index in [4.69, 9.17) is 0 Å². The summed E-state index contributed by atoms with van der Waals surface area (Å²) in [4.78, 5) is 0. The van der Waals surface area contributed by atoms with Crippen molar-refractivity contribution in [1.82, 2.24) is 4.31 Å². The van der Waals surface area contributed by atoms with E-state index in [2.05, 4.69) is 0 Å². The van der Waals surface area contributed by atoms with Crippen molar-refractivity contribution in [2.45, 2.75) is 65.3 Å². The van der Waals surface area contributed by atoms with Gasteiger partial charge in [-0.2, -0.15) is 4.31 Å². The smallest absolute Gasteiger partial charge is 0.212 e. The summed E-state index contributed by atoms with van der Waals surface area (Å²) >= 11 is 0. The van der Waals surface area contributed by atoms with Gasteiger partial charge in [0.15, 0.2) is 0 Å². The minimum Gasteiger partial charge on any atom is -0.212 e. The Morgan fingerprint density at radius 1 is 1.00 bits per heavy atom. The molecule has 0 fully saturated rings. The first-order valence-corrected chi connectivity index (χ1v) is 6.77. The lowest BCUT2D eigenvalue weighted by atomic mass is 10.3. The van der Waals surface area contributed by atoms with Crippen LogP contribution in [0.3, 0.4) is 0 Å². The van der Waals surface area contributed by atoms with Crippen molar-refractivity contribution in [1.29, 1.82) is 0 Å². The van der Waals surface area contributed by atoms with E-state index in [9.17, 15) is 8.42 Å².